The molecular weight excluding hydrogens is 464 g/mol. The maximum Gasteiger partial charge on any atom is 0.128 e. The highest BCUT2D eigenvalue weighted by Crippen LogP contribution is 2.35. The second kappa shape index (κ2) is 13.1. The van der Waals surface area contributed by atoms with Gasteiger partial charge in [0, 0.05) is 71.8 Å². The summed E-state index contributed by atoms with van der Waals surface area (Å²) in [5.74, 6) is 3.50. The van der Waals surface area contributed by atoms with Gasteiger partial charge in [0.25, 0.3) is 0 Å². The van der Waals surface area contributed by atoms with Crippen LogP contribution in [0.25, 0.3) is 15.7 Å². The van der Waals surface area contributed by atoms with Crippen LogP contribution in [-0.4, -0.2) is 55.6 Å². The fraction of sp³-hybridized carbons (Fsp3) is 0.429. The van der Waals surface area contributed by atoms with Gasteiger partial charge in [0.2, 0.25) is 0 Å². The van der Waals surface area contributed by atoms with E-state index in [2.05, 4.69) is 64.4 Å². The van der Waals surface area contributed by atoms with E-state index in [-0.39, 0.29) is 18.3 Å². The maximum absolute atomic E-state index is 12.2. The smallest absolute Gasteiger partial charge is 0.128 e. The van der Waals surface area contributed by atoms with Crippen molar-refractivity contribution in [2.45, 2.75) is 32.7 Å². The Morgan fingerprint density at radius 1 is 1.06 bits per heavy atom. The summed E-state index contributed by atoms with van der Waals surface area (Å²) in [5, 5.41) is 3.34. The summed E-state index contributed by atoms with van der Waals surface area (Å²) in [5.41, 5.74) is 3.27. The van der Waals surface area contributed by atoms with Gasteiger partial charge in [-0.25, -0.2) is 4.79 Å². The Labute approximate surface area is 213 Å². The van der Waals surface area contributed by atoms with E-state index < -0.39 is 0 Å². The Morgan fingerprint density at radius 2 is 1.76 bits per heavy atom. The summed E-state index contributed by atoms with van der Waals surface area (Å²) in [4.78, 5) is 17.3. The van der Waals surface area contributed by atoms with Gasteiger partial charge in [-0.1, -0.05) is 50.1 Å². The molecule has 1 fully saturated rings. The van der Waals surface area contributed by atoms with Crippen molar-refractivity contribution in [3.63, 3.8) is 0 Å². The highest BCUT2D eigenvalue weighted by Gasteiger charge is 2.25. The van der Waals surface area contributed by atoms with Crippen molar-refractivity contribution in [1.29, 1.82) is 0 Å². The lowest BCUT2D eigenvalue weighted by molar-refractivity contribution is 0.118. The van der Waals surface area contributed by atoms with Crippen LogP contribution in [0.4, 0.5) is 0 Å². The van der Waals surface area contributed by atoms with Crippen LogP contribution in [0.1, 0.15) is 37.3 Å². The van der Waals surface area contributed by atoms with Crippen molar-refractivity contribution in [2.75, 3.05) is 39.8 Å². The summed E-state index contributed by atoms with van der Waals surface area (Å²) in [6.07, 6.45) is 3.31. The second-order valence-corrected chi connectivity index (χ2v) is 9.84. The summed E-state index contributed by atoms with van der Waals surface area (Å²) >= 11 is 1.72. The number of methoxy groups -OCH3 is 1. The van der Waals surface area contributed by atoms with Gasteiger partial charge in [-0.15, -0.1) is 23.7 Å². The second-order valence-electron chi connectivity index (χ2n) is 8.93. The van der Waals surface area contributed by atoms with Gasteiger partial charge in [0.15, 0.2) is 0 Å². The third-order valence-corrected chi connectivity index (χ3v) is 7.67. The average Bonchev–Trinajstić information content (AvgIpc) is 3.28. The Balaban J connectivity index is 0.00000324. The third kappa shape index (κ3) is 6.50. The number of ether oxygens (including phenoxy) is 1. The van der Waals surface area contributed by atoms with E-state index in [9.17, 15) is 4.79 Å². The lowest BCUT2D eigenvalue weighted by Crippen LogP contribution is -2.47. The standard InChI is InChI=1S/C28H34N2O2S.ClH/c1-3-4-7-23(26(20-31)27-21-33-28-9-6-5-8-25(27)28)19-30-16-14-29(15-17-30)18-22-10-12-24(32-2)13-11-22;/h5-6,8-13,21,23H,3-4,7,14-19H2,1-2H3;1H. The molecule has 1 atom stereocenters. The first-order chi connectivity index (χ1) is 16.2. The molecule has 4 nitrogen and oxygen atoms in total. The van der Waals surface area contributed by atoms with Crippen molar-refractivity contribution in [3.8, 4) is 5.75 Å². The van der Waals surface area contributed by atoms with E-state index in [1.807, 2.05) is 12.1 Å². The molecule has 0 radical (unpaired) electrons. The van der Waals surface area contributed by atoms with Crippen LogP contribution >= 0.6 is 23.7 Å². The highest BCUT2D eigenvalue weighted by atomic mass is 35.5. The number of carbonyl (C=O) groups excluding carboxylic acids is 1. The number of thiophene rings is 1. The largest absolute Gasteiger partial charge is 0.497 e. The van der Waals surface area contributed by atoms with E-state index in [1.165, 1.54) is 15.6 Å². The Morgan fingerprint density at radius 3 is 2.44 bits per heavy atom. The van der Waals surface area contributed by atoms with Crippen LogP contribution in [0.5, 0.6) is 5.75 Å². The number of hydrogen-bond donors (Lipinski definition) is 0. The van der Waals surface area contributed by atoms with E-state index >= 15 is 0 Å². The molecule has 1 saturated heterocycles. The molecule has 0 aliphatic carbocycles. The lowest BCUT2D eigenvalue weighted by atomic mass is 9.88. The summed E-state index contributed by atoms with van der Waals surface area (Å²) in [6, 6.07) is 16.8. The fourth-order valence-corrected chi connectivity index (χ4v) is 5.71. The van der Waals surface area contributed by atoms with Gasteiger partial charge in [0.05, 0.1) is 7.11 Å². The molecule has 0 spiro atoms. The average molecular weight is 499 g/mol. The summed E-state index contributed by atoms with van der Waals surface area (Å²) in [7, 11) is 1.70. The topological polar surface area (TPSA) is 32.8 Å². The number of rotatable bonds is 10. The third-order valence-electron chi connectivity index (χ3n) is 6.70. The SMILES string of the molecule is CCCCC(CN1CCN(Cc2ccc(OC)cc2)CC1)C(=C=O)c1csc2ccccc12.Cl. The zero-order chi connectivity index (χ0) is 23.0. The van der Waals surface area contributed by atoms with Crippen LogP contribution < -0.4 is 4.74 Å². The number of nitrogens with zero attached hydrogens (tertiary/aromatic N) is 2. The normalized spacial score (nSPS) is 15.5. The van der Waals surface area contributed by atoms with Crippen LogP contribution in [0.15, 0.2) is 53.9 Å². The van der Waals surface area contributed by atoms with Gasteiger partial charge in [-0.3, -0.25) is 4.90 Å². The molecule has 6 heteroatoms. The molecule has 4 rings (SSSR count). The molecule has 0 N–H and O–H groups in total. The minimum absolute atomic E-state index is 0. The molecular formula is C28H35ClN2O2S. The number of benzene rings is 2. The molecule has 1 aromatic heterocycles. The van der Waals surface area contributed by atoms with Crippen molar-refractivity contribution >= 4 is 45.3 Å². The van der Waals surface area contributed by atoms with E-state index in [0.717, 1.165) is 75.4 Å². The van der Waals surface area contributed by atoms with Gasteiger partial charge >= 0.3 is 0 Å². The number of piperazine rings is 1. The lowest BCUT2D eigenvalue weighted by Gasteiger charge is -2.36. The minimum Gasteiger partial charge on any atom is -0.497 e. The summed E-state index contributed by atoms with van der Waals surface area (Å²) < 4.78 is 6.51. The molecule has 1 aliphatic rings. The van der Waals surface area contributed by atoms with Gasteiger partial charge in [-0.05, 0) is 30.2 Å². The zero-order valence-electron chi connectivity index (χ0n) is 20.2. The first-order valence-electron chi connectivity index (χ1n) is 12.0. The Bertz CT molecular complexity index is 1080. The molecule has 0 amide bonds. The molecule has 2 aromatic carbocycles. The molecule has 1 unspecified atom stereocenters. The van der Waals surface area contributed by atoms with Crippen molar-refractivity contribution in [3.05, 3.63) is 65.0 Å². The van der Waals surface area contributed by atoms with Crippen LogP contribution in [0.3, 0.4) is 0 Å². The number of fused-ring (bicyclic) bond motifs is 1. The molecule has 3 aromatic rings. The maximum atomic E-state index is 12.2. The predicted octanol–water partition coefficient (Wildman–Crippen LogP) is 6.17. The monoisotopic (exact) mass is 498 g/mol. The first kappa shape index (κ1) is 26.5. The zero-order valence-corrected chi connectivity index (χ0v) is 21.8. The quantitative estimate of drug-likeness (QED) is 0.313. The van der Waals surface area contributed by atoms with Gasteiger partial charge < -0.3 is 9.64 Å². The van der Waals surface area contributed by atoms with Crippen LogP contribution in [0, 0.1) is 5.92 Å². The number of hydrogen-bond acceptors (Lipinski definition) is 5. The van der Waals surface area contributed by atoms with Gasteiger partial charge in [-0.2, -0.15) is 0 Å². The van der Waals surface area contributed by atoms with Crippen molar-refractivity contribution in [1.82, 2.24) is 9.80 Å². The Kier molecular flexibility index (Phi) is 10.2. The van der Waals surface area contributed by atoms with Crippen LogP contribution in [-0.2, 0) is 11.3 Å². The number of halogens is 1. The van der Waals surface area contributed by atoms with Gasteiger partial charge in [0.1, 0.15) is 11.7 Å². The van der Waals surface area contributed by atoms with Crippen molar-refractivity contribution < 1.29 is 9.53 Å². The first-order valence-corrected chi connectivity index (χ1v) is 12.9. The number of unbranched alkanes of at least 4 members (excludes halogenated alkanes) is 1. The fourth-order valence-electron chi connectivity index (χ4n) is 4.75. The molecule has 34 heavy (non-hydrogen) atoms. The van der Waals surface area contributed by atoms with Crippen molar-refractivity contribution in [2.24, 2.45) is 5.92 Å². The van der Waals surface area contributed by atoms with E-state index in [1.54, 1.807) is 18.4 Å². The van der Waals surface area contributed by atoms with E-state index in [4.69, 9.17) is 4.74 Å². The predicted molar refractivity (Wildman–Crippen MR) is 146 cm³/mol. The minimum atomic E-state index is 0. The van der Waals surface area contributed by atoms with Crippen LogP contribution in [0.2, 0.25) is 0 Å². The van der Waals surface area contributed by atoms with E-state index in [0.29, 0.717) is 0 Å². The highest BCUT2D eigenvalue weighted by molar-refractivity contribution is 7.17. The summed E-state index contributed by atoms with van der Waals surface area (Å²) in [6.45, 7) is 8.30. The molecule has 1 aliphatic heterocycles. The molecule has 0 saturated carbocycles. The Hall–Kier alpha value is -2.14. The molecule has 0 bridgehead atoms. The molecule has 182 valence electrons. The molecule has 2 heterocycles.